The molecule has 0 atom stereocenters. The number of thiazole rings is 1. The number of halogens is 2. The van der Waals surface area contributed by atoms with Gasteiger partial charge >= 0.3 is 0 Å². The van der Waals surface area contributed by atoms with E-state index >= 15 is 0 Å². The summed E-state index contributed by atoms with van der Waals surface area (Å²) in [7, 11) is 0. The van der Waals surface area contributed by atoms with Crippen LogP contribution in [0.25, 0.3) is 22.2 Å². The molecule has 0 aliphatic rings. The Balaban J connectivity index is 1.45. The van der Waals surface area contributed by atoms with Crippen molar-refractivity contribution >= 4 is 44.7 Å². The highest BCUT2D eigenvalue weighted by molar-refractivity contribution is 7.14. The molecular formula is C24H25ClFN3OS. The van der Waals surface area contributed by atoms with Crippen molar-refractivity contribution in [3.05, 3.63) is 58.6 Å². The zero-order chi connectivity index (χ0) is 21.6. The van der Waals surface area contributed by atoms with Crippen molar-refractivity contribution < 1.29 is 8.81 Å². The minimum absolute atomic E-state index is 0.296. The van der Waals surface area contributed by atoms with E-state index in [9.17, 15) is 4.39 Å². The smallest absolute Gasteiger partial charge is 0.206 e. The van der Waals surface area contributed by atoms with Gasteiger partial charge in [-0.05, 0) is 36.8 Å². The van der Waals surface area contributed by atoms with Gasteiger partial charge in [-0.1, -0.05) is 62.0 Å². The Morgan fingerprint density at radius 1 is 1.13 bits per heavy atom. The predicted octanol–water partition coefficient (Wildman–Crippen LogP) is 8.39. The van der Waals surface area contributed by atoms with Crippen molar-refractivity contribution in [3.63, 3.8) is 0 Å². The van der Waals surface area contributed by atoms with Crippen LogP contribution in [0.2, 0.25) is 5.02 Å². The van der Waals surface area contributed by atoms with Gasteiger partial charge in [0.25, 0.3) is 0 Å². The van der Waals surface area contributed by atoms with E-state index in [1.165, 1.54) is 32.1 Å². The fourth-order valence-electron chi connectivity index (χ4n) is 3.58. The number of hydrogen-bond donors (Lipinski definition) is 1. The normalized spacial score (nSPS) is 11.3. The molecular weight excluding hydrogens is 433 g/mol. The zero-order valence-corrected chi connectivity index (χ0v) is 19.0. The first-order valence-electron chi connectivity index (χ1n) is 10.7. The summed E-state index contributed by atoms with van der Waals surface area (Å²) in [5.41, 5.74) is 2.49. The fourth-order valence-corrected chi connectivity index (χ4v) is 4.60. The Morgan fingerprint density at radius 2 is 1.97 bits per heavy atom. The van der Waals surface area contributed by atoms with Crippen LogP contribution in [-0.2, 0) is 6.42 Å². The van der Waals surface area contributed by atoms with E-state index < -0.39 is 0 Å². The van der Waals surface area contributed by atoms with E-state index in [0.29, 0.717) is 21.4 Å². The van der Waals surface area contributed by atoms with Crippen molar-refractivity contribution in [3.8, 4) is 11.3 Å². The molecule has 3 heterocycles. The van der Waals surface area contributed by atoms with Crippen molar-refractivity contribution in [1.82, 2.24) is 9.97 Å². The molecule has 0 aliphatic carbocycles. The third-order valence-corrected chi connectivity index (χ3v) is 6.40. The number of aromatic nitrogens is 2. The summed E-state index contributed by atoms with van der Waals surface area (Å²) in [5, 5.41) is 4.83. The topological polar surface area (TPSA) is 51.0 Å². The highest BCUT2D eigenvalue weighted by Gasteiger charge is 2.15. The van der Waals surface area contributed by atoms with Gasteiger partial charge in [-0.2, -0.15) is 4.39 Å². The first-order valence-corrected chi connectivity index (χ1v) is 11.9. The SMILES string of the molecule is CCCCCCCCc1oc2ccc(Nc3nc(-c4cccnc4)c(F)s3)cc2c1Cl. The Bertz CT molecular complexity index is 1140. The van der Waals surface area contributed by atoms with Gasteiger partial charge in [0.05, 0.1) is 5.02 Å². The van der Waals surface area contributed by atoms with Crippen LogP contribution in [0.1, 0.15) is 51.2 Å². The molecule has 0 spiro atoms. The quantitative estimate of drug-likeness (QED) is 0.243. The molecule has 4 rings (SSSR count). The number of pyridine rings is 1. The Hall–Kier alpha value is -2.44. The van der Waals surface area contributed by atoms with E-state index in [1.807, 2.05) is 18.2 Å². The Morgan fingerprint density at radius 3 is 2.77 bits per heavy atom. The molecule has 0 saturated carbocycles. The highest BCUT2D eigenvalue weighted by Crippen LogP contribution is 2.35. The molecule has 0 bridgehead atoms. The lowest BCUT2D eigenvalue weighted by atomic mass is 10.1. The number of furan rings is 1. The van der Waals surface area contributed by atoms with Crippen LogP contribution in [0.5, 0.6) is 0 Å². The number of nitrogens with one attached hydrogen (secondary N) is 1. The van der Waals surface area contributed by atoms with E-state index in [4.69, 9.17) is 16.0 Å². The summed E-state index contributed by atoms with van der Waals surface area (Å²) in [6, 6.07) is 9.26. The van der Waals surface area contributed by atoms with Crippen LogP contribution in [0, 0.1) is 5.13 Å². The van der Waals surface area contributed by atoms with Gasteiger partial charge in [-0.25, -0.2) is 4.98 Å². The molecule has 7 heteroatoms. The lowest BCUT2D eigenvalue weighted by Gasteiger charge is -2.02. The van der Waals surface area contributed by atoms with Crippen LogP contribution in [0.15, 0.2) is 47.1 Å². The third-order valence-electron chi connectivity index (χ3n) is 5.22. The maximum Gasteiger partial charge on any atom is 0.206 e. The van der Waals surface area contributed by atoms with E-state index in [1.54, 1.807) is 24.5 Å². The molecule has 0 aliphatic heterocycles. The molecule has 0 amide bonds. The summed E-state index contributed by atoms with van der Waals surface area (Å²) >= 11 is 7.57. The number of aryl methyl sites for hydroxylation is 1. The average Bonchev–Trinajstić information content (AvgIpc) is 3.30. The number of benzene rings is 1. The van der Waals surface area contributed by atoms with Gasteiger partial charge in [0, 0.05) is 35.5 Å². The lowest BCUT2D eigenvalue weighted by Crippen LogP contribution is -1.89. The fraction of sp³-hybridized carbons (Fsp3) is 0.333. The zero-order valence-electron chi connectivity index (χ0n) is 17.5. The number of anilines is 2. The molecule has 31 heavy (non-hydrogen) atoms. The standard InChI is InChI=1S/C24H25ClFN3OS/c1-2-3-4-5-6-7-10-20-21(25)18-14-17(11-12-19(18)30-20)28-24-29-22(23(26)31-24)16-9-8-13-27-15-16/h8-9,11-15H,2-7,10H2,1H3,(H,28,29). The predicted molar refractivity (Wildman–Crippen MR) is 127 cm³/mol. The molecule has 0 saturated heterocycles. The first-order chi connectivity index (χ1) is 15.2. The van der Waals surface area contributed by atoms with Crippen LogP contribution in [0.4, 0.5) is 15.2 Å². The Kier molecular flexibility index (Phi) is 7.20. The van der Waals surface area contributed by atoms with Crippen molar-refractivity contribution in [2.24, 2.45) is 0 Å². The van der Waals surface area contributed by atoms with Crippen LogP contribution >= 0.6 is 22.9 Å². The molecule has 162 valence electrons. The molecule has 3 aromatic heterocycles. The second-order valence-electron chi connectivity index (χ2n) is 7.58. The van der Waals surface area contributed by atoms with Gasteiger partial charge < -0.3 is 9.73 Å². The van der Waals surface area contributed by atoms with Gasteiger partial charge in [-0.15, -0.1) is 0 Å². The van der Waals surface area contributed by atoms with Gasteiger partial charge in [-0.3, -0.25) is 4.98 Å². The lowest BCUT2D eigenvalue weighted by molar-refractivity contribution is 0.522. The van der Waals surface area contributed by atoms with Crippen molar-refractivity contribution in [2.45, 2.75) is 51.9 Å². The van der Waals surface area contributed by atoms with Gasteiger partial charge in [0.2, 0.25) is 5.13 Å². The molecule has 0 unspecified atom stereocenters. The van der Waals surface area contributed by atoms with Crippen LogP contribution < -0.4 is 5.32 Å². The summed E-state index contributed by atoms with van der Waals surface area (Å²) < 4.78 is 20.4. The van der Waals surface area contributed by atoms with Crippen molar-refractivity contribution in [2.75, 3.05) is 5.32 Å². The van der Waals surface area contributed by atoms with Gasteiger partial charge in [0.15, 0.2) is 5.13 Å². The van der Waals surface area contributed by atoms with E-state index in [-0.39, 0.29) is 5.13 Å². The van der Waals surface area contributed by atoms with Crippen LogP contribution in [-0.4, -0.2) is 9.97 Å². The largest absolute Gasteiger partial charge is 0.459 e. The number of unbranched alkanes of at least 4 members (excludes halogenated alkanes) is 5. The van der Waals surface area contributed by atoms with Gasteiger partial charge in [0.1, 0.15) is 17.0 Å². The van der Waals surface area contributed by atoms with E-state index in [0.717, 1.165) is 46.6 Å². The second-order valence-corrected chi connectivity index (χ2v) is 8.90. The number of fused-ring (bicyclic) bond motifs is 1. The molecule has 1 aromatic carbocycles. The number of nitrogens with zero attached hydrogens (tertiary/aromatic N) is 2. The molecule has 0 fully saturated rings. The molecule has 4 nitrogen and oxygen atoms in total. The third kappa shape index (κ3) is 5.25. The number of hydrogen-bond acceptors (Lipinski definition) is 5. The minimum atomic E-state index is -0.348. The molecule has 1 N–H and O–H groups in total. The first kappa shape index (κ1) is 21.8. The summed E-state index contributed by atoms with van der Waals surface area (Å²) in [4.78, 5) is 8.42. The second kappa shape index (κ2) is 10.2. The summed E-state index contributed by atoms with van der Waals surface area (Å²) in [6.45, 7) is 2.22. The minimum Gasteiger partial charge on any atom is -0.459 e. The molecule has 4 aromatic rings. The summed E-state index contributed by atoms with van der Waals surface area (Å²) in [6.07, 6.45) is 11.5. The monoisotopic (exact) mass is 457 g/mol. The maximum absolute atomic E-state index is 14.4. The maximum atomic E-state index is 14.4. The van der Waals surface area contributed by atoms with E-state index in [2.05, 4.69) is 22.2 Å². The highest BCUT2D eigenvalue weighted by atomic mass is 35.5. The average molecular weight is 458 g/mol. The molecule has 0 radical (unpaired) electrons. The van der Waals surface area contributed by atoms with Crippen molar-refractivity contribution in [1.29, 1.82) is 0 Å². The Labute approximate surface area is 190 Å². The number of rotatable bonds is 10. The summed E-state index contributed by atoms with van der Waals surface area (Å²) in [5.74, 6) is 0.837. The van der Waals surface area contributed by atoms with Crippen LogP contribution in [0.3, 0.4) is 0 Å².